The summed E-state index contributed by atoms with van der Waals surface area (Å²) in [4.78, 5) is 14.3. The van der Waals surface area contributed by atoms with Crippen LogP contribution in [0, 0.1) is 0 Å². The maximum Gasteiger partial charge on any atom is 0.137 e. The molecule has 4 rings (SSSR count). The van der Waals surface area contributed by atoms with E-state index in [9.17, 15) is 0 Å². The third kappa shape index (κ3) is 2.72. The zero-order chi connectivity index (χ0) is 15.6. The molecule has 4 heteroatoms. The van der Waals surface area contributed by atoms with Crippen molar-refractivity contribution >= 4 is 5.82 Å². The van der Waals surface area contributed by atoms with Gasteiger partial charge in [0.1, 0.15) is 12.1 Å². The number of benzene rings is 1. The maximum absolute atomic E-state index is 4.71. The number of likely N-dealkylation sites (N-methyl/N-ethyl adjacent to an activating group) is 1. The summed E-state index contributed by atoms with van der Waals surface area (Å²) in [6.07, 6.45) is 5.24. The zero-order valence-corrected chi connectivity index (χ0v) is 13.8. The predicted molar refractivity (Wildman–Crippen MR) is 92.5 cm³/mol. The highest BCUT2D eigenvalue weighted by Crippen LogP contribution is 2.38. The van der Waals surface area contributed by atoms with Gasteiger partial charge in [-0.15, -0.1) is 0 Å². The number of hydrogen-bond donors (Lipinski definition) is 0. The van der Waals surface area contributed by atoms with Gasteiger partial charge in [0, 0.05) is 31.6 Å². The van der Waals surface area contributed by atoms with Crippen molar-refractivity contribution < 1.29 is 0 Å². The van der Waals surface area contributed by atoms with Crippen molar-refractivity contribution in [1.29, 1.82) is 0 Å². The smallest absolute Gasteiger partial charge is 0.137 e. The van der Waals surface area contributed by atoms with Crippen LogP contribution in [0.2, 0.25) is 0 Å². The predicted octanol–water partition coefficient (Wildman–Crippen LogP) is 3.20. The van der Waals surface area contributed by atoms with E-state index in [4.69, 9.17) is 4.98 Å². The van der Waals surface area contributed by atoms with E-state index in [1.165, 1.54) is 35.5 Å². The topological polar surface area (TPSA) is 32.3 Å². The van der Waals surface area contributed by atoms with E-state index in [0.717, 1.165) is 32.6 Å². The van der Waals surface area contributed by atoms with Gasteiger partial charge < -0.3 is 4.90 Å². The van der Waals surface area contributed by atoms with E-state index >= 15 is 0 Å². The standard InChI is InChI=1S/C19H24N4/c1-2-22-12-10-17-16(13-22)19(21-14-20-17)23-11-6-9-18(23)15-7-4-3-5-8-15/h3-5,7-8,14,18H,2,6,9-13H2,1H3/t18-/m0/s1. The van der Waals surface area contributed by atoms with Crippen LogP contribution in [0.15, 0.2) is 36.7 Å². The number of fused-ring (bicyclic) bond motifs is 1. The molecule has 0 saturated carbocycles. The minimum atomic E-state index is 0.451. The lowest BCUT2D eigenvalue weighted by Crippen LogP contribution is -2.34. The number of anilines is 1. The summed E-state index contributed by atoms with van der Waals surface area (Å²) in [7, 11) is 0. The third-order valence-corrected chi connectivity index (χ3v) is 5.21. The summed E-state index contributed by atoms with van der Waals surface area (Å²) in [5, 5.41) is 0. The van der Waals surface area contributed by atoms with Crippen LogP contribution >= 0.6 is 0 Å². The Morgan fingerprint density at radius 1 is 1.13 bits per heavy atom. The van der Waals surface area contributed by atoms with Crippen molar-refractivity contribution in [3.8, 4) is 0 Å². The van der Waals surface area contributed by atoms with Gasteiger partial charge in [-0.1, -0.05) is 37.3 Å². The molecule has 2 aliphatic rings. The first-order chi connectivity index (χ1) is 11.4. The molecule has 0 bridgehead atoms. The molecule has 1 aromatic carbocycles. The molecule has 1 fully saturated rings. The quantitative estimate of drug-likeness (QED) is 0.871. The van der Waals surface area contributed by atoms with Gasteiger partial charge in [0.25, 0.3) is 0 Å². The molecular weight excluding hydrogens is 284 g/mol. The molecule has 1 saturated heterocycles. The number of aromatic nitrogens is 2. The molecule has 23 heavy (non-hydrogen) atoms. The van der Waals surface area contributed by atoms with E-state index in [1.807, 2.05) is 0 Å². The minimum Gasteiger partial charge on any atom is -0.349 e. The van der Waals surface area contributed by atoms with Crippen LogP contribution in [0.4, 0.5) is 5.82 Å². The Balaban J connectivity index is 1.70. The highest BCUT2D eigenvalue weighted by atomic mass is 15.2. The van der Waals surface area contributed by atoms with Gasteiger partial charge in [0.05, 0.1) is 11.7 Å². The molecule has 2 aliphatic heterocycles. The van der Waals surface area contributed by atoms with Gasteiger partial charge in [-0.2, -0.15) is 0 Å². The fourth-order valence-electron chi connectivity index (χ4n) is 3.94. The van der Waals surface area contributed by atoms with Crippen molar-refractivity contribution in [3.05, 3.63) is 53.5 Å². The van der Waals surface area contributed by atoms with Crippen LogP contribution in [0.1, 0.15) is 42.6 Å². The second kappa shape index (κ2) is 6.28. The fourth-order valence-corrected chi connectivity index (χ4v) is 3.94. The lowest BCUT2D eigenvalue weighted by atomic mass is 10.0. The Morgan fingerprint density at radius 3 is 2.83 bits per heavy atom. The van der Waals surface area contributed by atoms with Gasteiger partial charge in [-0.25, -0.2) is 9.97 Å². The van der Waals surface area contributed by atoms with E-state index in [2.05, 4.69) is 52.0 Å². The van der Waals surface area contributed by atoms with Crippen molar-refractivity contribution in [2.24, 2.45) is 0 Å². The normalized spacial score (nSPS) is 21.4. The summed E-state index contributed by atoms with van der Waals surface area (Å²) in [6, 6.07) is 11.3. The van der Waals surface area contributed by atoms with Gasteiger partial charge in [-0.05, 0) is 24.9 Å². The summed E-state index contributed by atoms with van der Waals surface area (Å²) in [5.74, 6) is 1.17. The van der Waals surface area contributed by atoms with Gasteiger partial charge in [-0.3, -0.25) is 4.90 Å². The van der Waals surface area contributed by atoms with Gasteiger partial charge in [0.15, 0.2) is 0 Å². The SMILES string of the molecule is CCN1CCc2ncnc(N3CCC[C@H]3c3ccccc3)c2C1. The summed E-state index contributed by atoms with van der Waals surface area (Å²) in [5.41, 5.74) is 4.00. The monoisotopic (exact) mass is 308 g/mol. The van der Waals surface area contributed by atoms with Crippen molar-refractivity contribution in [3.63, 3.8) is 0 Å². The Bertz CT molecular complexity index is 670. The molecular formula is C19H24N4. The van der Waals surface area contributed by atoms with Gasteiger partial charge in [0.2, 0.25) is 0 Å². The average Bonchev–Trinajstić information content (AvgIpc) is 3.11. The van der Waals surface area contributed by atoms with E-state index in [0.29, 0.717) is 6.04 Å². The number of nitrogens with zero attached hydrogens (tertiary/aromatic N) is 4. The summed E-state index contributed by atoms with van der Waals surface area (Å²) >= 11 is 0. The Kier molecular flexibility index (Phi) is 4.00. The summed E-state index contributed by atoms with van der Waals surface area (Å²) in [6.45, 7) is 6.52. The molecule has 2 aromatic rings. The van der Waals surface area contributed by atoms with Crippen LogP contribution in [-0.2, 0) is 13.0 Å². The fraction of sp³-hybridized carbons (Fsp3) is 0.474. The van der Waals surface area contributed by atoms with Crippen molar-refractivity contribution in [2.75, 3.05) is 24.5 Å². The Morgan fingerprint density at radius 2 is 2.00 bits per heavy atom. The first-order valence-electron chi connectivity index (χ1n) is 8.73. The van der Waals surface area contributed by atoms with Crippen LogP contribution in [0.3, 0.4) is 0 Å². The first kappa shape index (κ1) is 14.6. The van der Waals surface area contributed by atoms with Gasteiger partial charge >= 0.3 is 0 Å². The largest absolute Gasteiger partial charge is 0.349 e. The Hall–Kier alpha value is -1.94. The molecule has 0 N–H and O–H groups in total. The Labute approximate surface area is 138 Å². The minimum absolute atomic E-state index is 0.451. The van der Waals surface area contributed by atoms with E-state index in [-0.39, 0.29) is 0 Å². The highest BCUT2D eigenvalue weighted by Gasteiger charge is 2.31. The molecule has 0 unspecified atom stereocenters. The van der Waals surface area contributed by atoms with E-state index in [1.54, 1.807) is 6.33 Å². The second-order valence-corrected chi connectivity index (χ2v) is 6.50. The van der Waals surface area contributed by atoms with Crippen LogP contribution in [0.25, 0.3) is 0 Å². The number of hydrogen-bond acceptors (Lipinski definition) is 4. The van der Waals surface area contributed by atoms with Crippen LogP contribution < -0.4 is 4.90 Å². The molecule has 1 atom stereocenters. The highest BCUT2D eigenvalue weighted by molar-refractivity contribution is 5.52. The first-order valence-corrected chi connectivity index (χ1v) is 8.73. The lowest BCUT2D eigenvalue weighted by molar-refractivity contribution is 0.265. The lowest BCUT2D eigenvalue weighted by Gasteiger charge is -2.33. The molecule has 0 aliphatic carbocycles. The molecule has 0 amide bonds. The molecule has 1 aromatic heterocycles. The second-order valence-electron chi connectivity index (χ2n) is 6.50. The van der Waals surface area contributed by atoms with Crippen molar-refractivity contribution in [1.82, 2.24) is 14.9 Å². The summed E-state index contributed by atoms with van der Waals surface area (Å²) < 4.78 is 0. The van der Waals surface area contributed by atoms with Crippen LogP contribution in [-0.4, -0.2) is 34.5 Å². The molecule has 120 valence electrons. The number of rotatable bonds is 3. The molecule has 4 nitrogen and oxygen atoms in total. The molecule has 3 heterocycles. The molecule has 0 radical (unpaired) electrons. The average molecular weight is 308 g/mol. The third-order valence-electron chi connectivity index (χ3n) is 5.21. The van der Waals surface area contributed by atoms with Crippen molar-refractivity contribution in [2.45, 2.75) is 38.8 Å². The maximum atomic E-state index is 4.71. The zero-order valence-electron chi connectivity index (χ0n) is 13.8. The van der Waals surface area contributed by atoms with Crippen LogP contribution in [0.5, 0.6) is 0 Å². The van der Waals surface area contributed by atoms with E-state index < -0.39 is 0 Å². The molecule has 0 spiro atoms.